The third-order valence-corrected chi connectivity index (χ3v) is 2.92. The first kappa shape index (κ1) is 8.79. The van der Waals surface area contributed by atoms with Gasteiger partial charge in [0.25, 0.3) is 0 Å². The monoisotopic (exact) mass is 153 g/mol. The van der Waals surface area contributed by atoms with Gasteiger partial charge in [-0.1, -0.05) is 26.0 Å². The molecule has 1 aliphatic rings. The van der Waals surface area contributed by atoms with Crippen molar-refractivity contribution in [3.05, 3.63) is 12.2 Å². The van der Waals surface area contributed by atoms with Crippen molar-refractivity contribution >= 4 is 0 Å². The maximum Gasteiger partial charge on any atom is 0.0110 e. The van der Waals surface area contributed by atoms with E-state index in [0.29, 0.717) is 17.4 Å². The molecule has 0 saturated heterocycles. The van der Waals surface area contributed by atoms with Gasteiger partial charge in [0.2, 0.25) is 0 Å². The number of rotatable bonds is 1. The summed E-state index contributed by atoms with van der Waals surface area (Å²) in [5.74, 6) is 0.530. The first-order chi connectivity index (χ1) is 4.95. The number of nitrogens with two attached hydrogens (primary N) is 1. The fourth-order valence-corrected chi connectivity index (χ4v) is 2.47. The summed E-state index contributed by atoms with van der Waals surface area (Å²) in [5, 5.41) is 0. The number of hydrogen-bond acceptors (Lipinski definition) is 1. The van der Waals surface area contributed by atoms with Gasteiger partial charge in [0.05, 0.1) is 0 Å². The summed E-state index contributed by atoms with van der Waals surface area (Å²) in [5.41, 5.74) is 7.62. The van der Waals surface area contributed by atoms with E-state index in [-0.39, 0.29) is 0 Å². The molecule has 11 heavy (non-hydrogen) atoms. The zero-order valence-electron chi connectivity index (χ0n) is 7.85. The van der Waals surface area contributed by atoms with Crippen LogP contribution in [0.25, 0.3) is 0 Å². The molecule has 1 saturated carbocycles. The Hall–Kier alpha value is -0.300. The predicted octanol–water partition coefficient (Wildman–Crippen LogP) is 2.33. The Morgan fingerprint density at radius 3 is 2.27 bits per heavy atom. The van der Waals surface area contributed by atoms with E-state index in [1.807, 2.05) is 0 Å². The highest BCUT2D eigenvalue weighted by Gasteiger charge is 2.40. The van der Waals surface area contributed by atoms with Crippen LogP contribution in [-0.2, 0) is 0 Å². The highest BCUT2D eigenvalue weighted by molar-refractivity contribution is 5.10. The molecule has 0 heterocycles. The lowest BCUT2D eigenvalue weighted by Crippen LogP contribution is -2.31. The quantitative estimate of drug-likeness (QED) is 0.575. The van der Waals surface area contributed by atoms with Crippen molar-refractivity contribution in [2.45, 2.75) is 39.7 Å². The second-order valence-electron chi connectivity index (χ2n) is 4.52. The molecule has 2 unspecified atom stereocenters. The highest BCUT2D eigenvalue weighted by Crippen LogP contribution is 2.44. The van der Waals surface area contributed by atoms with Crippen LogP contribution in [-0.4, -0.2) is 6.04 Å². The van der Waals surface area contributed by atoms with E-state index in [9.17, 15) is 0 Å². The fourth-order valence-electron chi connectivity index (χ4n) is 2.47. The molecule has 0 aromatic rings. The van der Waals surface area contributed by atoms with E-state index in [2.05, 4.69) is 27.4 Å². The summed E-state index contributed by atoms with van der Waals surface area (Å²) in [7, 11) is 0. The van der Waals surface area contributed by atoms with Gasteiger partial charge in [0.1, 0.15) is 0 Å². The largest absolute Gasteiger partial charge is 0.327 e. The minimum atomic E-state index is 0.350. The molecule has 0 bridgehead atoms. The van der Waals surface area contributed by atoms with Crippen LogP contribution in [0.4, 0.5) is 0 Å². The van der Waals surface area contributed by atoms with Gasteiger partial charge in [0, 0.05) is 6.04 Å². The lowest BCUT2D eigenvalue weighted by atomic mass is 9.77. The molecule has 1 aliphatic carbocycles. The second-order valence-corrected chi connectivity index (χ2v) is 4.52. The average Bonchev–Trinajstić information content (AvgIpc) is 2.06. The normalized spacial score (nSPS) is 35.6. The van der Waals surface area contributed by atoms with Crippen molar-refractivity contribution in [1.82, 2.24) is 0 Å². The molecule has 2 N–H and O–H groups in total. The molecule has 2 atom stereocenters. The van der Waals surface area contributed by atoms with Gasteiger partial charge in [-0.05, 0) is 31.1 Å². The maximum absolute atomic E-state index is 5.99. The zero-order chi connectivity index (χ0) is 8.65. The molecule has 1 heteroatoms. The van der Waals surface area contributed by atoms with Crippen LogP contribution in [0, 0.1) is 11.3 Å². The minimum Gasteiger partial charge on any atom is -0.327 e. The van der Waals surface area contributed by atoms with Crippen molar-refractivity contribution in [3.8, 4) is 0 Å². The predicted molar refractivity (Wildman–Crippen MR) is 49.3 cm³/mol. The second kappa shape index (κ2) is 2.63. The van der Waals surface area contributed by atoms with Gasteiger partial charge in [-0.2, -0.15) is 0 Å². The van der Waals surface area contributed by atoms with E-state index >= 15 is 0 Å². The van der Waals surface area contributed by atoms with Crippen molar-refractivity contribution in [2.24, 2.45) is 17.1 Å². The Kier molecular flexibility index (Phi) is 2.10. The van der Waals surface area contributed by atoms with Crippen LogP contribution < -0.4 is 5.73 Å². The van der Waals surface area contributed by atoms with E-state index in [1.165, 1.54) is 12.0 Å². The summed E-state index contributed by atoms with van der Waals surface area (Å²) >= 11 is 0. The van der Waals surface area contributed by atoms with Crippen molar-refractivity contribution in [1.29, 1.82) is 0 Å². The Bertz CT molecular complexity index is 170. The molecule has 1 fully saturated rings. The van der Waals surface area contributed by atoms with Crippen molar-refractivity contribution < 1.29 is 0 Å². The van der Waals surface area contributed by atoms with Gasteiger partial charge in [-0.3, -0.25) is 0 Å². The van der Waals surface area contributed by atoms with E-state index < -0.39 is 0 Å². The third kappa shape index (κ3) is 1.48. The molecule has 0 spiro atoms. The van der Waals surface area contributed by atoms with E-state index in [4.69, 9.17) is 5.73 Å². The van der Waals surface area contributed by atoms with Crippen molar-refractivity contribution in [3.63, 3.8) is 0 Å². The summed E-state index contributed by atoms with van der Waals surface area (Å²) < 4.78 is 0. The zero-order valence-corrected chi connectivity index (χ0v) is 7.85. The number of hydrogen-bond donors (Lipinski definition) is 1. The average molecular weight is 153 g/mol. The Morgan fingerprint density at radius 2 is 2.09 bits per heavy atom. The van der Waals surface area contributed by atoms with Crippen LogP contribution in [0.2, 0.25) is 0 Å². The smallest absolute Gasteiger partial charge is 0.0110 e. The van der Waals surface area contributed by atoms with Gasteiger partial charge in [-0.15, -0.1) is 0 Å². The molecule has 0 aromatic heterocycles. The topological polar surface area (TPSA) is 26.0 Å². The molecule has 0 aliphatic heterocycles. The maximum atomic E-state index is 5.99. The standard InChI is InChI=1S/C10H19N/c1-7(2)9-8(11)5-6-10(9,3)4/h8-9H,1,5-6,11H2,2-4H3. The van der Waals surface area contributed by atoms with Gasteiger partial charge >= 0.3 is 0 Å². The SMILES string of the molecule is C=C(C)C1C(N)CCC1(C)C. The molecule has 0 radical (unpaired) electrons. The summed E-state index contributed by atoms with van der Waals surface area (Å²) in [6.45, 7) is 10.7. The van der Waals surface area contributed by atoms with Gasteiger partial charge in [0.15, 0.2) is 0 Å². The lowest BCUT2D eigenvalue weighted by molar-refractivity contribution is 0.284. The van der Waals surface area contributed by atoms with E-state index in [1.54, 1.807) is 0 Å². The van der Waals surface area contributed by atoms with Crippen molar-refractivity contribution in [2.75, 3.05) is 0 Å². The summed E-state index contributed by atoms with van der Waals surface area (Å²) in [6, 6.07) is 0.350. The van der Waals surface area contributed by atoms with Gasteiger partial charge in [-0.25, -0.2) is 0 Å². The molecule has 0 aromatic carbocycles. The molecular formula is C10H19N. The first-order valence-corrected chi connectivity index (χ1v) is 4.36. The molecule has 1 rings (SSSR count). The van der Waals surface area contributed by atoms with Crippen LogP contribution in [0.3, 0.4) is 0 Å². The molecule has 1 nitrogen and oxygen atoms in total. The van der Waals surface area contributed by atoms with Crippen LogP contribution in [0.1, 0.15) is 33.6 Å². The van der Waals surface area contributed by atoms with Gasteiger partial charge < -0.3 is 5.73 Å². The van der Waals surface area contributed by atoms with Crippen LogP contribution in [0.15, 0.2) is 12.2 Å². The molecular weight excluding hydrogens is 134 g/mol. The molecule has 64 valence electrons. The highest BCUT2D eigenvalue weighted by atomic mass is 14.7. The Labute approximate surface area is 69.7 Å². The summed E-state index contributed by atoms with van der Waals surface area (Å²) in [6.07, 6.45) is 2.40. The summed E-state index contributed by atoms with van der Waals surface area (Å²) in [4.78, 5) is 0. The van der Waals surface area contributed by atoms with E-state index in [0.717, 1.165) is 6.42 Å². The third-order valence-electron chi connectivity index (χ3n) is 2.92. The van der Waals surface area contributed by atoms with Crippen LogP contribution in [0.5, 0.6) is 0 Å². The molecule has 0 amide bonds. The van der Waals surface area contributed by atoms with Crippen LogP contribution >= 0.6 is 0 Å². The Balaban J connectivity index is 2.80. The minimum absolute atomic E-state index is 0.350. The Morgan fingerprint density at radius 1 is 1.55 bits per heavy atom. The first-order valence-electron chi connectivity index (χ1n) is 4.36. The lowest BCUT2D eigenvalue weighted by Gasteiger charge is -2.29. The fraction of sp³-hybridized carbons (Fsp3) is 0.800.